The van der Waals surface area contributed by atoms with Gasteiger partial charge in [0, 0.05) is 0 Å². The number of hydrogen-bond donors (Lipinski definition) is 0. The van der Waals surface area contributed by atoms with E-state index >= 15 is 0 Å². The first kappa shape index (κ1) is 25.1. The smallest absolute Gasteiger partial charge is 0.119 e. The molecule has 3 aromatic rings. The van der Waals surface area contributed by atoms with E-state index in [9.17, 15) is 0 Å². The quantitative estimate of drug-likeness (QED) is 0.204. The van der Waals surface area contributed by atoms with Gasteiger partial charge in [0.1, 0.15) is 11.5 Å². The number of ether oxygens (including phenoxy) is 2. The van der Waals surface area contributed by atoms with E-state index in [1.54, 1.807) is 0 Å². The summed E-state index contributed by atoms with van der Waals surface area (Å²) in [6, 6.07) is 21.5. The lowest BCUT2D eigenvalue weighted by atomic mass is 10.0. The summed E-state index contributed by atoms with van der Waals surface area (Å²) < 4.78 is 11.9. The van der Waals surface area contributed by atoms with E-state index in [1.807, 2.05) is 0 Å². The Hall–Kier alpha value is -2.48. The van der Waals surface area contributed by atoms with Crippen LogP contribution in [0.2, 0.25) is 0 Å². The molecule has 0 fully saturated rings. The van der Waals surface area contributed by atoms with Gasteiger partial charge >= 0.3 is 0 Å². The lowest BCUT2D eigenvalue weighted by molar-refractivity contribution is 0.304. The first-order chi connectivity index (χ1) is 16.3. The molecule has 0 spiro atoms. The molecule has 0 unspecified atom stereocenters. The molecule has 0 saturated carbocycles. The zero-order chi connectivity index (χ0) is 23.1. The van der Waals surface area contributed by atoms with E-state index in [4.69, 9.17) is 9.47 Å². The molecule has 3 rings (SSSR count). The number of hydrogen-bond acceptors (Lipinski definition) is 2. The largest absolute Gasteiger partial charge is 0.494 e. The molecule has 0 aromatic heterocycles. The number of rotatable bonds is 16. The van der Waals surface area contributed by atoms with Gasteiger partial charge in [-0.15, -0.1) is 0 Å². The van der Waals surface area contributed by atoms with E-state index in [1.165, 1.54) is 79.7 Å². The maximum Gasteiger partial charge on any atom is 0.119 e. The zero-order valence-corrected chi connectivity index (χ0v) is 20.8. The molecule has 0 aliphatic rings. The molecular weight excluding hydrogens is 404 g/mol. The molecular formula is C31H42O2. The zero-order valence-electron chi connectivity index (χ0n) is 20.8. The Morgan fingerprint density at radius 2 is 0.939 bits per heavy atom. The predicted octanol–water partition coefficient (Wildman–Crippen LogP) is 9.60. The summed E-state index contributed by atoms with van der Waals surface area (Å²) in [6.07, 6.45) is 14.2. The summed E-state index contributed by atoms with van der Waals surface area (Å²) in [5.74, 6) is 1.93. The van der Waals surface area contributed by atoms with Crippen LogP contribution in [-0.4, -0.2) is 13.2 Å². The molecule has 0 radical (unpaired) electrons. The van der Waals surface area contributed by atoms with Crippen LogP contribution in [0.4, 0.5) is 0 Å². The van der Waals surface area contributed by atoms with Gasteiger partial charge in [-0.25, -0.2) is 0 Å². The monoisotopic (exact) mass is 446 g/mol. The SMILES string of the molecule is CCCCCCCCCCOc1ccc2cc(-c3ccc(OCCCCC)cc3)ccc2c1. The summed E-state index contributed by atoms with van der Waals surface area (Å²) in [4.78, 5) is 0. The maximum absolute atomic E-state index is 6.02. The second-order valence-electron chi connectivity index (χ2n) is 9.13. The standard InChI is InChI=1S/C31H42O2/c1-3-5-7-8-9-10-11-13-23-33-31-21-18-28-24-27(14-15-29(28)25-31)26-16-19-30(20-17-26)32-22-12-6-4-2/h14-21,24-25H,3-13,22-23H2,1-2H3. The minimum atomic E-state index is 0.798. The highest BCUT2D eigenvalue weighted by atomic mass is 16.5. The number of unbranched alkanes of at least 4 members (excludes halogenated alkanes) is 9. The van der Waals surface area contributed by atoms with Crippen molar-refractivity contribution in [3.8, 4) is 22.6 Å². The van der Waals surface area contributed by atoms with Crippen LogP contribution in [0, 0.1) is 0 Å². The van der Waals surface area contributed by atoms with Gasteiger partial charge < -0.3 is 9.47 Å². The van der Waals surface area contributed by atoms with Crippen molar-refractivity contribution in [2.75, 3.05) is 13.2 Å². The first-order valence-corrected chi connectivity index (χ1v) is 13.2. The summed E-state index contributed by atoms with van der Waals surface area (Å²) in [5.41, 5.74) is 2.44. The third-order valence-electron chi connectivity index (χ3n) is 6.28. The molecule has 0 bridgehead atoms. The van der Waals surface area contributed by atoms with Gasteiger partial charge in [0.05, 0.1) is 13.2 Å². The highest BCUT2D eigenvalue weighted by molar-refractivity contribution is 5.88. The Kier molecular flexibility index (Phi) is 11.1. The fourth-order valence-electron chi connectivity index (χ4n) is 4.20. The molecule has 2 nitrogen and oxygen atoms in total. The van der Waals surface area contributed by atoms with E-state index in [-0.39, 0.29) is 0 Å². The lowest BCUT2D eigenvalue weighted by Crippen LogP contribution is -1.97. The van der Waals surface area contributed by atoms with Crippen molar-refractivity contribution in [3.63, 3.8) is 0 Å². The maximum atomic E-state index is 6.02. The first-order valence-electron chi connectivity index (χ1n) is 13.2. The Labute approximate surface area is 201 Å². The fourth-order valence-corrected chi connectivity index (χ4v) is 4.20. The van der Waals surface area contributed by atoms with Crippen LogP contribution in [0.3, 0.4) is 0 Å². The molecule has 3 aromatic carbocycles. The topological polar surface area (TPSA) is 18.5 Å². The van der Waals surface area contributed by atoms with E-state index in [2.05, 4.69) is 74.5 Å². The molecule has 178 valence electrons. The van der Waals surface area contributed by atoms with Gasteiger partial charge in [-0.1, -0.05) is 102 Å². The van der Waals surface area contributed by atoms with Crippen LogP contribution in [0.25, 0.3) is 21.9 Å². The molecule has 0 heterocycles. The second-order valence-corrected chi connectivity index (χ2v) is 9.13. The molecule has 0 N–H and O–H groups in total. The van der Waals surface area contributed by atoms with Crippen LogP contribution in [0.15, 0.2) is 60.7 Å². The van der Waals surface area contributed by atoms with E-state index in [0.29, 0.717) is 0 Å². The number of benzene rings is 3. The van der Waals surface area contributed by atoms with Crippen LogP contribution in [0.1, 0.15) is 84.5 Å². The average molecular weight is 447 g/mol. The van der Waals surface area contributed by atoms with E-state index < -0.39 is 0 Å². The normalized spacial score (nSPS) is 11.1. The summed E-state index contributed by atoms with van der Waals surface area (Å²) >= 11 is 0. The van der Waals surface area contributed by atoms with Gasteiger partial charge in [-0.2, -0.15) is 0 Å². The predicted molar refractivity (Wildman–Crippen MR) is 143 cm³/mol. The van der Waals surface area contributed by atoms with Crippen LogP contribution < -0.4 is 9.47 Å². The van der Waals surface area contributed by atoms with Crippen molar-refractivity contribution in [3.05, 3.63) is 60.7 Å². The van der Waals surface area contributed by atoms with Crippen molar-refractivity contribution in [2.45, 2.75) is 84.5 Å². The average Bonchev–Trinajstić information content (AvgIpc) is 2.85. The summed E-state index contributed by atoms with van der Waals surface area (Å²) in [6.45, 7) is 6.09. The van der Waals surface area contributed by atoms with Crippen molar-refractivity contribution in [2.24, 2.45) is 0 Å². The summed E-state index contributed by atoms with van der Waals surface area (Å²) in [5, 5.41) is 2.47. The second kappa shape index (κ2) is 14.6. The third-order valence-corrected chi connectivity index (χ3v) is 6.28. The lowest BCUT2D eigenvalue weighted by Gasteiger charge is -2.10. The molecule has 0 atom stereocenters. The highest BCUT2D eigenvalue weighted by Gasteiger charge is 2.03. The minimum absolute atomic E-state index is 0.798. The Bertz CT molecular complexity index is 929. The highest BCUT2D eigenvalue weighted by Crippen LogP contribution is 2.28. The molecule has 0 saturated heterocycles. The molecule has 0 aliphatic carbocycles. The van der Waals surface area contributed by atoms with E-state index in [0.717, 1.165) is 37.6 Å². The van der Waals surface area contributed by atoms with Crippen molar-refractivity contribution < 1.29 is 9.47 Å². The van der Waals surface area contributed by atoms with Crippen LogP contribution in [-0.2, 0) is 0 Å². The van der Waals surface area contributed by atoms with Gasteiger partial charge in [0.25, 0.3) is 0 Å². The van der Waals surface area contributed by atoms with Crippen molar-refractivity contribution in [1.29, 1.82) is 0 Å². The molecule has 0 aliphatic heterocycles. The third kappa shape index (κ3) is 8.76. The Morgan fingerprint density at radius 1 is 0.455 bits per heavy atom. The van der Waals surface area contributed by atoms with Crippen LogP contribution >= 0.6 is 0 Å². The van der Waals surface area contributed by atoms with Gasteiger partial charge in [-0.05, 0) is 65.1 Å². The minimum Gasteiger partial charge on any atom is -0.494 e. The Balaban J connectivity index is 1.46. The van der Waals surface area contributed by atoms with Crippen molar-refractivity contribution >= 4 is 10.8 Å². The van der Waals surface area contributed by atoms with Gasteiger partial charge in [0.15, 0.2) is 0 Å². The van der Waals surface area contributed by atoms with Crippen LogP contribution in [0.5, 0.6) is 11.5 Å². The van der Waals surface area contributed by atoms with Crippen molar-refractivity contribution in [1.82, 2.24) is 0 Å². The number of fused-ring (bicyclic) bond motifs is 1. The molecule has 33 heavy (non-hydrogen) atoms. The fraction of sp³-hybridized carbons (Fsp3) is 0.484. The molecule has 0 amide bonds. The van der Waals surface area contributed by atoms with Gasteiger partial charge in [0.2, 0.25) is 0 Å². The van der Waals surface area contributed by atoms with Gasteiger partial charge in [-0.3, -0.25) is 0 Å². The summed E-state index contributed by atoms with van der Waals surface area (Å²) in [7, 11) is 0. The molecule has 2 heteroatoms. The Morgan fingerprint density at radius 3 is 1.67 bits per heavy atom.